The van der Waals surface area contributed by atoms with Gasteiger partial charge in [0.25, 0.3) is 0 Å². The summed E-state index contributed by atoms with van der Waals surface area (Å²) in [6.07, 6.45) is 2.63. The molecule has 1 heteroatoms. The molecule has 86 valence electrons. The number of benzene rings is 2. The number of hydrogen-bond acceptors (Lipinski definition) is 1. The molecule has 0 bridgehead atoms. The zero-order valence-corrected chi connectivity index (χ0v) is 9.84. The zero-order chi connectivity index (χ0) is 11.5. The fourth-order valence-electron chi connectivity index (χ4n) is 2.16. The number of nitrogens with one attached hydrogen (secondary N) is 1. The number of rotatable bonds is 4. The fourth-order valence-corrected chi connectivity index (χ4v) is 2.16. The van der Waals surface area contributed by atoms with Crippen LogP contribution in [0.15, 0.2) is 60.7 Å². The summed E-state index contributed by atoms with van der Waals surface area (Å²) in [7, 11) is 0. The first kappa shape index (κ1) is 10.5. The third-order valence-corrected chi connectivity index (χ3v) is 3.25. The SMILES string of the molecule is c1ccc(C(NC2CC2)c2ccccc2)cc1. The molecule has 1 aliphatic rings. The van der Waals surface area contributed by atoms with Crippen LogP contribution in [0.1, 0.15) is 30.0 Å². The molecule has 0 unspecified atom stereocenters. The molecule has 0 aliphatic heterocycles. The molecule has 0 amide bonds. The summed E-state index contributed by atoms with van der Waals surface area (Å²) in [4.78, 5) is 0. The third kappa shape index (κ3) is 2.56. The van der Waals surface area contributed by atoms with Gasteiger partial charge in [0.05, 0.1) is 6.04 Å². The van der Waals surface area contributed by atoms with Gasteiger partial charge in [0, 0.05) is 6.04 Å². The van der Waals surface area contributed by atoms with Gasteiger partial charge in [-0.1, -0.05) is 60.7 Å². The summed E-state index contributed by atoms with van der Waals surface area (Å²) < 4.78 is 0. The van der Waals surface area contributed by atoms with Gasteiger partial charge in [-0.15, -0.1) is 0 Å². The van der Waals surface area contributed by atoms with Crippen molar-refractivity contribution in [2.75, 3.05) is 0 Å². The second-order valence-corrected chi connectivity index (χ2v) is 4.70. The van der Waals surface area contributed by atoms with E-state index in [-0.39, 0.29) is 0 Å². The Morgan fingerprint density at radius 3 is 1.65 bits per heavy atom. The minimum absolute atomic E-state index is 0.338. The highest BCUT2D eigenvalue weighted by Gasteiger charge is 2.25. The van der Waals surface area contributed by atoms with Crippen molar-refractivity contribution in [2.24, 2.45) is 0 Å². The maximum atomic E-state index is 3.72. The van der Waals surface area contributed by atoms with Crippen LogP contribution >= 0.6 is 0 Å². The minimum atomic E-state index is 0.338. The second-order valence-electron chi connectivity index (χ2n) is 4.70. The van der Waals surface area contributed by atoms with Gasteiger partial charge in [-0.25, -0.2) is 0 Å². The highest BCUT2D eigenvalue weighted by Crippen LogP contribution is 2.28. The van der Waals surface area contributed by atoms with Crippen molar-refractivity contribution in [3.8, 4) is 0 Å². The molecule has 0 atom stereocenters. The van der Waals surface area contributed by atoms with Crippen LogP contribution in [0.2, 0.25) is 0 Å². The standard InChI is InChI=1S/C16H17N/c1-3-7-13(8-4-1)16(17-15-11-12-15)14-9-5-2-6-10-14/h1-10,15-17H,11-12H2. The van der Waals surface area contributed by atoms with Gasteiger partial charge in [0.15, 0.2) is 0 Å². The van der Waals surface area contributed by atoms with Crippen molar-refractivity contribution in [1.82, 2.24) is 5.32 Å². The molecule has 2 aromatic carbocycles. The van der Waals surface area contributed by atoms with E-state index in [1.54, 1.807) is 0 Å². The summed E-state index contributed by atoms with van der Waals surface area (Å²) in [5.74, 6) is 0. The molecule has 0 saturated heterocycles. The Morgan fingerprint density at radius 1 is 0.765 bits per heavy atom. The van der Waals surface area contributed by atoms with Gasteiger partial charge >= 0.3 is 0 Å². The average Bonchev–Trinajstić information content (AvgIpc) is 3.22. The Hall–Kier alpha value is -1.60. The summed E-state index contributed by atoms with van der Waals surface area (Å²) in [6.45, 7) is 0. The van der Waals surface area contributed by atoms with Crippen molar-refractivity contribution < 1.29 is 0 Å². The van der Waals surface area contributed by atoms with Crippen molar-refractivity contribution in [3.05, 3.63) is 71.8 Å². The van der Waals surface area contributed by atoms with E-state index in [1.807, 2.05) is 0 Å². The monoisotopic (exact) mass is 223 g/mol. The van der Waals surface area contributed by atoms with Crippen LogP contribution in [0.3, 0.4) is 0 Å². The van der Waals surface area contributed by atoms with E-state index in [2.05, 4.69) is 66.0 Å². The first-order chi connectivity index (χ1) is 8.43. The highest BCUT2D eigenvalue weighted by molar-refractivity contribution is 5.31. The van der Waals surface area contributed by atoms with Gasteiger partial charge in [0.1, 0.15) is 0 Å². The molecule has 17 heavy (non-hydrogen) atoms. The largest absolute Gasteiger partial charge is 0.303 e. The highest BCUT2D eigenvalue weighted by atomic mass is 15.0. The van der Waals surface area contributed by atoms with Crippen LogP contribution in [-0.2, 0) is 0 Å². The summed E-state index contributed by atoms with van der Waals surface area (Å²) in [6, 6.07) is 22.4. The molecular weight excluding hydrogens is 206 g/mol. The molecule has 0 aromatic heterocycles. The lowest BCUT2D eigenvalue weighted by atomic mass is 9.99. The molecule has 1 fully saturated rings. The molecule has 1 aliphatic carbocycles. The van der Waals surface area contributed by atoms with E-state index < -0.39 is 0 Å². The lowest BCUT2D eigenvalue weighted by molar-refractivity contribution is 0.601. The van der Waals surface area contributed by atoms with Crippen molar-refractivity contribution >= 4 is 0 Å². The predicted molar refractivity (Wildman–Crippen MR) is 70.9 cm³/mol. The van der Waals surface area contributed by atoms with E-state index >= 15 is 0 Å². The lowest BCUT2D eigenvalue weighted by Crippen LogP contribution is -2.24. The van der Waals surface area contributed by atoms with Crippen LogP contribution in [0.4, 0.5) is 0 Å². The number of hydrogen-bond donors (Lipinski definition) is 1. The topological polar surface area (TPSA) is 12.0 Å². The van der Waals surface area contributed by atoms with Crippen molar-refractivity contribution in [3.63, 3.8) is 0 Å². The molecular formula is C16H17N. The maximum Gasteiger partial charge on any atom is 0.0578 e. The van der Waals surface area contributed by atoms with Gasteiger partial charge in [-0.05, 0) is 24.0 Å². The molecule has 3 rings (SSSR count). The van der Waals surface area contributed by atoms with Gasteiger partial charge in [-0.3, -0.25) is 0 Å². The minimum Gasteiger partial charge on any atom is -0.303 e. The Kier molecular flexibility index (Phi) is 2.93. The lowest BCUT2D eigenvalue weighted by Gasteiger charge is -2.19. The zero-order valence-electron chi connectivity index (χ0n) is 9.84. The fraction of sp³-hybridized carbons (Fsp3) is 0.250. The van der Waals surface area contributed by atoms with Gasteiger partial charge in [0.2, 0.25) is 0 Å². The smallest absolute Gasteiger partial charge is 0.0578 e. The van der Waals surface area contributed by atoms with Crippen LogP contribution in [0, 0.1) is 0 Å². The summed E-state index contributed by atoms with van der Waals surface area (Å²) >= 11 is 0. The second kappa shape index (κ2) is 4.72. The Labute approximate surface area is 102 Å². The maximum absolute atomic E-state index is 3.72. The van der Waals surface area contributed by atoms with Gasteiger partial charge < -0.3 is 5.32 Å². The van der Waals surface area contributed by atoms with Crippen molar-refractivity contribution in [2.45, 2.75) is 24.9 Å². The van der Waals surface area contributed by atoms with Crippen LogP contribution < -0.4 is 5.32 Å². The third-order valence-electron chi connectivity index (χ3n) is 3.25. The summed E-state index contributed by atoms with van der Waals surface area (Å²) in [5, 5.41) is 3.72. The van der Waals surface area contributed by atoms with E-state index in [9.17, 15) is 0 Å². The summed E-state index contributed by atoms with van der Waals surface area (Å²) in [5.41, 5.74) is 2.70. The molecule has 0 radical (unpaired) electrons. The average molecular weight is 223 g/mol. The Balaban J connectivity index is 1.91. The molecule has 0 heterocycles. The van der Waals surface area contributed by atoms with Crippen molar-refractivity contribution in [1.29, 1.82) is 0 Å². The van der Waals surface area contributed by atoms with Crippen LogP contribution in [-0.4, -0.2) is 6.04 Å². The first-order valence-electron chi connectivity index (χ1n) is 6.29. The first-order valence-corrected chi connectivity index (χ1v) is 6.29. The molecule has 1 nitrogen and oxygen atoms in total. The van der Waals surface area contributed by atoms with E-state index in [0.717, 1.165) is 0 Å². The van der Waals surface area contributed by atoms with Gasteiger partial charge in [-0.2, -0.15) is 0 Å². The predicted octanol–water partition coefficient (Wildman–Crippen LogP) is 3.53. The Bertz CT molecular complexity index is 420. The normalized spacial score (nSPS) is 15.1. The molecule has 1 saturated carbocycles. The Morgan fingerprint density at radius 2 is 1.24 bits per heavy atom. The van der Waals surface area contributed by atoms with E-state index in [0.29, 0.717) is 12.1 Å². The van der Waals surface area contributed by atoms with Crippen LogP contribution in [0.5, 0.6) is 0 Å². The van der Waals surface area contributed by atoms with E-state index in [1.165, 1.54) is 24.0 Å². The van der Waals surface area contributed by atoms with Crippen LogP contribution in [0.25, 0.3) is 0 Å². The van der Waals surface area contributed by atoms with E-state index in [4.69, 9.17) is 0 Å². The molecule has 1 N–H and O–H groups in total. The molecule has 2 aromatic rings. The quantitative estimate of drug-likeness (QED) is 0.836. The molecule has 0 spiro atoms.